The van der Waals surface area contributed by atoms with Crippen LogP contribution >= 0.6 is 0 Å². The van der Waals surface area contributed by atoms with Gasteiger partial charge in [-0.25, -0.2) is 0 Å². The molecule has 0 saturated carbocycles. The molecule has 228 valence electrons. The Kier molecular flexibility index (Phi) is 6.22. The fraction of sp³-hybridized carbons (Fsp3) is 0. The van der Waals surface area contributed by atoms with Crippen LogP contribution in [0.15, 0.2) is 180 Å². The van der Waals surface area contributed by atoms with Crippen molar-refractivity contribution in [3.05, 3.63) is 176 Å². The van der Waals surface area contributed by atoms with Gasteiger partial charge in [0.25, 0.3) is 0 Å². The van der Waals surface area contributed by atoms with E-state index in [-0.39, 0.29) is 0 Å². The van der Waals surface area contributed by atoms with Gasteiger partial charge in [0.05, 0.1) is 5.69 Å². The Morgan fingerprint density at radius 3 is 1.63 bits per heavy atom. The summed E-state index contributed by atoms with van der Waals surface area (Å²) < 4.78 is 6.54. The first kappa shape index (κ1) is 27.6. The molecule has 49 heavy (non-hydrogen) atoms. The van der Waals surface area contributed by atoms with Crippen molar-refractivity contribution in [1.29, 1.82) is 0 Å². The Morgan fingerprint density at radius 1 is 0.367 bits per heavy atom. The fourth-order valence-corrected chi connectivity index (χ4v) is 7.67. The van der Waals surface area contributed by atoms with Crippen LogP contribution in [0, 0.1) is 0 Å². The smallest absolute Gasteiger partial charge is 0.143 e. The van der Waals surface area contributed by atoms with Crippen molar-refractivity contribution in [2.24, 2.45) is 0 Å². The molecule has 0 N–H and O–H groups in total. The van der Waals surface area contributed by atoms with Crippen LogP contribution in [0.4, 0.5) is 0 Å². The topological polar surface area (TPSA) is 26.0 Å². The minimum Gasteiger partial charge on any atom is -0.455 e. The van der Waals surface area contributed by atoms with E-state index in [9.17, 15) is 0 Å². The average Bonchev–Trinajstić information content (AvgIpc) is 3.57. The molecule has 2 heterocycles. The summed E-state index contributed by atoms with van der Waals surface area (Å²) in [4.78, 5) is 5.14. The maximum Gasteiger partial charge on any atom is 0.143 e. The number of para-hydroxylation sites is 1. The minimum absolute atomic E-state index is 0.891. The summed E-state index contributed by atoms with van der Waals surface area (Å²) >= 11 is 0. The molecule has 10 rings (SSSR count). The van der Waals surface area contributed by atoms with E-state index in [0.717, 1.165) is 44.3 Å². The summed E-state index contributed by atoms with van der Waals surface area (Å²) in [6.07, 6.45) is 2.00. The second-order valence-electron chi connectivity index (χ2n) is 12.7. The van der Waals surface area contributed by atoms with Crippen molar-refractivity contribution in [3.8, 4) is 44.6 Å². The van der Waals surface area contributed by atoms with Crippen LogP contribution in [0.1, 0.15) is 0 Å². The quantitative estimate of drug-likeness (QED) is 0.182. The summed E-state index contributed by atoms with van der Waals surface area (Å²) in [6, 6.07) is 60.5. The largest absolute Gasteiger partial charge is 0.455 e. The van der Waals surface area contributed by atoms with E-state index in [0.29, 0.717) is 0 Å². The zero-order valence-corrected chi connectivity index (χ0v) is 26.6. The molecule has 0 aliphatic heterocycles. The second kappa shape index (κ2) is 11.0. The third kappa shape index (κ3) is 4.38. The van der Waals surface area contributed by atoms with E-state index in [1.54, 1.807) is 0 Å². The van der Waals surface area contributed by atoms with Gasteiger partial charge in [-0.3, -0.25) is 4.98 Å². The third-order valence-corrected chi connectivity index (χ3v) is 9.93. The lowest BCUT2D eigenvalue weighted by Gasteiger charge is -2.17. The predicted octanol–water partition coefficient (Wildman–Crippen LogP) is 13.1. The molecule has 0 atom stereocenters. The van der Waals surface area contributed by atoms with E-state index in [4.69, 9.17) is 9.40 Å². The maximum absolute atomic E-state index is 6.54. The van der Waals surface area contributed by atoms with Gasteiger partial charge < -0.3 is 4.42 Å². The molecule has 2 aromatic heterocycles. The number of benzene rings is 8. The van der Waals surface area contributed by atoms with Crippen molar-refractivity contribution < 1.29 is 4.42 Å². The molecule has 0 radical (unpaired) electrons. The van der Waals surface area contributed by atoms with Gasteiger partial charge in [-0.1, -0.05) is 158 Å². The van der Waals surface area contributed by atoms with Crippen molar-refractivity contribution in [2.45, 2.75) is 0 Å². The molecular weight excluding hydrogens is 595 g/mol. The zero-order chi connectivity index (χ0) is 32.3. The summed E-state index contributed by atoms with van der Waals surface area (Å²) in [5, 5.41) is 9.51. The first-order valence-electron chi connectivity index (χ1n) is 16.7. The van der Waals surface area contributed by atoms with E-state index < -0.39 is 0 Å². The molecule has 0 saturated heterocycles. The normalized spacial score (nSPS) is 11.7. The maximum atomic E-state index is 6.54. The first-order chi connectivity index (χ1) is 24.3. The number of aromatic nitrogens is 1. The monoisotopic (exact) mass is 623 g/mol. The van der Waals surface area contributed by atoms with Gasteiger partial charge in [-0.15, -0.1) is 0 Å². The second-order valence-corrected chi connectivity index (χ2v) is 12.7. The van der Waals surface area contributed by atoms with Crippen molar-refractivity contribution in [3.63, 3.8) is 0 Å². The highest BCUT2D eigenvalue weighted by Gasteiger charge is 2.19. The molecule has 0 amide bonds. The third-order valence-electron chi connectivity index (χ3n) is 9.93. The van der Waals surface area contributed by atoms with Gasteiger partial charge in [0.1, 0.15) is 11.2 Å². The Morgan fingerprint density at radius 2 is 0.939 bits per heavy atom. The zero-order valence-electron chi connectivity index (χ0n) is 26.6. The van der Waals surface area contributed by atoms with Crippen LogP contribution in [-0.2, 0) is 0 Å². The van der Waals surface area contributed by atoms with Gasteiger partial charge in [0.15, 0.2) is 0 Å². The summed E-state index contributed by atoms with van der Waals surface area (Å²) in [5.41, 5.74) is 10.8. The fourth-order valence-electron chi connectivity index (χ4n) is 7.67. The van der Waals surface area contributed by atoms with Crippen LogP contribution in [-0.4, -0.2) is 4.98 Å². The lowest BCUT2D eigenvalue weighted by atomic mass is 9.87. The molecule has 0 spiro atoms. The van der Waals surface area contributed by atoms with Crippen LogP contribution in [0.25, 0.3) is 98.9 Å². The first-order valence-corrected chi connectivity index (χ1v) is 16.7. The van der Waals surface area contributed by atoms with E-state index >= 15 is 0 Å². The molecule has 10 aromatic rings. The van der Waals surface area contributed by atoms with Crippen LogP contribution < -0.4 is 0 Å². The van der Waals surface area contributed by atoms with Crippen LogP contribution in [0.2, 0.25) is 0 Å². The Labute approximate surface area is 283 Å². The average molecular weight is 624 g/mol. The molecule has 0 bridgehead atoms. The van der Waals surface area contributed by atoms with Crippen LogP contribution in [0.3, 0.4) is 0 Å². The highest BCUT2D eigenvalue weighted by Crippen LogP contribution is 2.44. The number of pyridine rings is 1. The van der Waals surface area contributed by atoms with Crippen LogP contribution in [0.5, 0.6) is 0 Å². The minimum atomic E-state index is 0.891. The number of hydrogen-bond acceptors (Lipinski definition) is 2. The predicted molar refractivity (Wildman–Crippen MR) is 206 cm³/mol. The Hall–Kier alpha value is -6.51. The van der Waals surface area contributed by atoms with E-state index in [1.165, 1.54) is 54.6 Å². The number of fused-ring (bicyclic) bond motifs is 7. The lowest BCUT2D eigenvalue weighted by molar-refractivity contribution is 0.670. The lowest BCUT2D eigenvalue weighted by Crippen LogP contribution is -1.93. The molecule has 0 aliphatic rings. The molecule has 8 aromatic carbocycles. The van der Waals surface area contributed by atoms with E-state index in [1.807, 2.05) is 6.20 Å². The van der Waals surface area contributed by atoms with Gasteiger partial charge >= 0.3 is 0 Å². The highest BCUT2D eigenvalue weighted by molar-refractivity contribution is 6.22. The number of nitrogens with zero attached hydrogens (tertiary/aromatic N) is 1. The molecular formula is C47H29NO. The molecule has 0 aliphatic carbocycles. The molecule has 0 fully saturated rings. The van der Waals surface area contributed by atoms with Crippen molar-refractivity contribution >= 4 is 54.3 Å². The van der Waals surface area contributed by atoms with Gasteiger partial charge in [-0.05, 0) is 66.7 Å². The number of furan rings is 1. The number of hydrogen-bond donors (Lipinski definition) is 0. The van der Waals surface area contributed by atoms with E-state index in [2.05, 4.69) is 170 Å². The molecule has 2 heteroatoms. The Balaban J connectivity index is 1.12. The van der Waals surface area contributed by atoms with Gasteiger partial charge in [-0.2, -0.15) is 0 Å². The summed E-state index contributed by atoms with van der Waals surface area (Å²) in [5.74, 6) is 0. The molecule has 2 nitrogen and oxygen atoms in total. The molecule has 0 unspecified atom stereocenters. The van der Waals surface area contributed by atoms with Gasteiger partial charge in [0, 0.05) is 33.7 Å². The van der Waals surface area contributed by atoms with Crippen molar-refractivity contribution in [1.82, 2.24) is 4.98 Å². The highest BCUT2D eigenvalue weighted by atomic mass is 16.3. The van der Waals surface area contributed by atoms with Crippen molar-refractivity contribution in [2.75, 3.05) is 0 Å². The standard InChI is InChI=1S/C47H29NO/c1-2-11-30(12-3-1)31-21-23-33(24-22-31)44-37-15-6-8-17-39(37)45(40-18-9-7-16-38(40)44)42-27-25-34(29-48-42)36-19-10-20-41-46-35-14-5-4-13-32(35)26-28-43(46)49-47(36)41/h1-29H. The summed E-state index contributed by atoms with van der Waals surface area (Å²) in [6.45, 7) is 0. The Bertz CT molecular complexity index is 2790. The number of rotatable bonds is 4. The summed E-state index contributed by atoms with van der Waals surface area (Å²) in [7, 11) is 0. The van der Waals surface area contributed by atoms with Gasteiger partial charge in [0.2, 0.25) is 0 Å². The SMILES string of the molecule is c1ccc(-c2ccc(-c3c4ccccc4c(-c4ccc(-c5cccc6c5oc5ccc7ccccc7c56)cn4)c4ccccc34)cc2)cc1.